The van der Waals surface area contributed by atoms with Crippen LogP contribution in [0.2, 0.25) is 5.02 Å². The van der Waals surface area contributed by atoms with Gasteiger partial charge in [-0.3, -0.25) is 9.59 Å². The quantitative estimate of drug-likeness (QED) is 0.732. The van der Waals surface area contributed by atoms with Gasteiger partial charge >= 0.3 is 0 Å². The summed E-state index contributed by atoms with van der Waals surface area (Å²) in [6.45, 7) is 4.18. The van der Waals surface area contributed by atoms with E-state index in [9.17, 15) is 9.59 Å². The summed E-state index contributed by atoms with van der Waals surface area (Å²) in [6, 6.07) is 8.99. The molecule has 0 aliphatic carbocycles. The predicted molar refractivity (Wildman–Crippen MR) is 111 cm³/mol. The SMILES string of the molecule is COc1ccc(Cl)cc1N1C[C@H](C(=O)Nc2cc(C)c(Br)cc2C)CC1=O. The average molecular weight is 452 g/mol. The molecular formula is C20H20BrClN2O3. The number of rotatable bonds is 4. The fourth-order valence-electron chi connectivity index (χ4n) is 3.14. The number of hydrogen-bond donors (Lipinski definition) is 1. The number of amides is 2. The molecule has 0 spiro atoms. The molecule has 1 aliphatic rings. The molecule has 0 bridgehead atoms. The second-order valence-corrected chi connectivity index (χ2v) is 7.92. The molecule has 0 saturated carbocycles. The number of hydrogen-bond acceptors (Lipinski definition) is 3. The van der Waals surface area contributed by atoms with Crippen LogP contribution in [-0.4, -0.2) is 25.5 Å². The van der Waals surface area contributed by atoms with Crippen molar-refractivity contribution in [3.63, 3.8) is 0 Å². The first-order valence-electron chi connectivity index (χ1n) is 8.51. The van der Waals surface area contributed by atoms with Gasteiger partial charge in [0.05, 0.1) is 18.7 Å². The maximum atomic E-state index is 12.7. The predicted octanol–water partition coefficient (Wildman–Crippen LogP) is 4.72. The van der Waals surface area contributed by atoms with Crippen molar-refractivity contribution in [3.05, 3.63) is 51.0 Å². The van der Waals surface area contributed by atoms with Crippen molar-refractivity contribution in [1.82, 2.24) is 0 Å². The fourth-order valence-corrected chi connectivity index (χ4v) is 3.76. The maximum absolute atomic E-state index is 12.7. The van der Waals surface area contributed by atoms with E-state index in [4.69, 9.17) is 16.3 Å². The minimum Gasteiger partial charge on any atom is -0.495 e. The zero-order valence-electron chi connectivity index (χ0n) is 15.3. The summed E-state index contributed by atoms with van der Waals surface area (Å²) in [7, 11) is 1.54. The van der Waals surface area contributed by atoms with Crippen LogP contribution < -0.4 is 15.0 Å². The van der Waals surface area contributed by atoms with E-state index in [-0.39, 0.29) is 24.8 Å². The molecular weight excluding hydrogens is 432 g/mol. The second kappa shape index (κ2) is 7.90. The van der Waals surface area contributed by atoms with Gasteiger partial charge in [-0.1, -0.05) is 27.5 Å². The molecule has 1 fully saturated rings. The Bertz CT molecular complexity index is 916. The van der Waals surface area contributed by atoms with Crippen LogP contribution in [0.5, 0.6) is 5.75 Å². The standard InChI is InChI=1S/C20H20BrClN2O3/c1-11-7-16(12(2)6-15(11)21)23-20(26)13-8-19(25)24(10-13)17-9-14(22)4-5-18(17)27-3/h4-7,9,13H,8,10H2,1-3H3,(H,23,26)/t13-/m1/s1. The summed E-state index contributed by atoms with van der Waals surface area (Å²) in [5, 5.41) is 3.46. The van der Waals surface area contributed by atoms with E-state index < -0.39 is 5.92 Å². The Kier molecular flexibility index (Phi) is 5.77. The molecule has 1 atom stereocenters. The minimum atomic E-state index is -0.440. The largest absolute Gasteiger partial charge is 0.495 e. The lowest BCUT2D eigenvalue weighted by atomic mass is 10.1. The topological polar surface area (TPSA) is 58.6 Å². The number of aryl methyl sites for hydroxylation is 2. The van der Waals surface area contributed by atoms with E-state index in [1.807, 2.05) is 26.0 Å². The number of halogens is 2. The third kappa shape index (κ3) is 4.12. The molecule has 7 heteroatoms. The van der Waals surface area contributed by atoms with Gasteiger partial charge in [-0.25, -0.2) is 0 Å². The van der Waals surface area contributed by atoms with Crippen molar-refractivity contribution in [2.24, 2.45) is 5.92 Å². The van der Waals surface area contributed by atoms with Crippen molar-refractivity contribution in [1.29, 1.82) is 0 Å². The summed E-state index contributed by atoms with van der Waals surface area (Å²) in [6.07, 6.45) is 0.149. The molecule has 27 heavy (non-hydrogen) atoms. The van der Waals surface area contributed by atoms with Gasteiger partial charge in [0.1, 0.15) is 5.75 Å². The number of carbonyl (C=O) groups is 2. The van der Waals surface area contributed by atoms with Crippen molar-refractivity contribution in [2.75, 3.05) is 23.9 Å². The molecule has 0 radical (unpaired) electrons. The summed E-state index contributed by atoms with van der Waals surface area (Å²) in [5.41, 5.74) is 3.33. The van der Waals surface area contributed by atoms with E-state index in [2.05, 4.69) is 21.2 Å². The highest BCUT2D eigenvalue weighted by Crippen LogP contribution is 2.35. The third-order valence-electron chi connectivity index (χ3n) is 4.69. The summed E-state index contributed by atoms with van der Waals surface area (Å²) >= 11 is 9.56. The highest BCUT2D eigenvalue weighted by molar-refractivity contribution is 9.10. The number of benzene rings is 2. The monoisotopic (exact) mass is 450 g/mol. The Balaban J connectivity index is 1.79. The van der Waals surface area contributed by atoms with Gasteiger partial charge in [0, 0.05) is 28.1 Å². The van der Waals surface area contributed by atoms with Crippen LogP contribution in [-0.2, 0) is 9.59 Å². The van der Waals surface area contributed by atoms with E-state index in [0.717, 1.165) is 21.3 Å². The van der Waals surface area contributed by atoms with Gasteiger partial charge in [0.2, 0.25) is 11.8 Å². The van der Waals surface area contributed by atoms with Crippen molar-refractivity contribution in [2.45, 2.75) is 20.3 Å². The zero-order valence-corrected chi connectivity index (χ0v) is 17.6. The Morgan fingerprint density at radius 3 is 2.70 bits per heavy atom. The molecule has 1 heterocycles. The van der Waals surface area contributed by atoms with Gasteiger partial charge in [-0.05, 0) is 55.3 Å². The highest BCUT2D eigenvalue weighted by atomic mass is 79.9. The number of methoxy groups -OCH3 is 1. The molecule has 2 amide bonds. The van der Waals surface area contributed by atoms with Gasteiger partial charge < -0.3 is 15.0 Å². The first-order valence-corrected chi connectivity index (χ1v) is 9.68. The molecule has 142 valence electrons. The van der Waals surface area contributed by atoms with Crippen LogP contribution in [0.4, 0.5) is 11.4 Å². The Morgan fingerprint density at radius 2 is 2.00 bits per heavy atom. The lowest BCUT2D eigenvalue weighted by Crippen LogP contribution is -2.28. The maximum Gasteiger partial charge on any atom is 0.229 e. The lowest BCUT2D eigenvalue weighted by Gasteiger charge is -2.20. The van der Waals surface area contributed by atoms with Gasteiger partial charge in [-0.15, -0.1) is 0 Å². The average Bonchev–Trinajstić information content (AvgIpc) is 3.01. The molecule has 1 saturated heterocycles. The van der Waals surface area contributed by atoms with Crippen molar-refractivity contribution < 1.29 is 14.3 Å². The van der Waals surface area contributed by atoms with Crippen LogP contribution in [0, 0.1) is 19.8 Å². The minimum absolute atomic E-state index is 0.126. The summed E-state index contributed by atoms with van der Waals surface area (Å²) < 4.78 is 6.33. The van der Waals surface area contributed by atoms with Gasteiger partial charge in [0.15, 0.2) is 0 Å². The zero-order chi connectivity index (χ0) is 19.7. The summed E-state index contributed by atoms with van der Waals surface area (Å²) in [4.78, 5) is 26.8. The second-order valence-electron chi connectivity index (χ2n) is 6.63. The molecule has 0 aromatic heterocycles. The highest BCUT2D eigenvalue weighted by Gasteiger charge is 2.36. The molecule has 2 aromatic carbocycles. The molecule has 2 aromatic rings. The smallest absolute Gasteiger partial charge is 0.229 e. The first kappa shape index (κ1) is 19.7. The summed E-state index contributed by atoms with van der Waals surface area (Å²) in [5.74, 6) is -0.186. The van der Waals surface area contributed by atoms with E-state index in [0.29, 0.717) is 16.5 Å². The molecule has 3 rings (SSSR count). The van der Waals surface area contributed by atoms with Crippen LogP contribution in [0.25, 0.3) is 0 Å². The fraction of sp³-hybridized carbons (Fsp3) is 0.300. The number of nitrogens with zero attached hydrogens (tertiary/aromatic N) is 1. The Morgan fingerprint density at radius 1 is 1.26 bits per heavy atom. The van der Waals surface area contributed by atoms with Crippen LogP contribution in [0.1, 0.15) is 17.5 Å². The van der Waals surface area contributed by atoms with E-state index in [1.54, 1.807) is 23.1 Å². The molecule has 1 N–H and O–H groups in total. The van der Waals surface area contributed by atoms with Crippen LogP contribution >= 0.6 is 27.5 Å². The normalized spacial score (nSPS) is 16.6. The van der Waals surface area contributed by atoms with Crippen LogP contribution in [0.15, 0.2) is 34.8 Å². The van der Waals surface area contributed by atoms with Gasteiger partial charge in [0.25, 0.3) is 0 Å². The van der Waals surface area contributed by atoms with Crippen LogP contribution in [0.3, 0.4) is 0 Å². The van der Waals surface area contributed by atoms with Crippen molar-refractivity contribution in [3.8, 4) is 5.75 Å². The molecule has 0 unspecified atom stereocenters. The van der Waals surface area contributed by atoms with E-state index >= 15 is 0 Å². The Hall–Kier alpha value is -2.05. The van der Waals surface area contributed by atoms with E-state index in [1.165, 1.54) is 7.11 Å². The number of nitrogens with one attached hydrogen (secondary N) is 1. The first-order chi connectivity index (χ1) is 12.8. The molecule has 5 nitrogen and oxygen atoms in total. The molecule has 1 aliphatic heterocycles. The van der Waals surface area contributed by atoms with Gasteiger partial charge in [-0.2, -0.15) is 0 Å². The Labute approximate surface area is 171 Å². The van der Waals surface area contributed by atoms with Crippen molar-refractivity contribution >= 4 is 50.7 Å². The third-order valence-corrected chi connectivity index (χ3v) is 5.78. The number of carbonyl (C=O) groups excluding carboxylic acids is 2. The number of anilines is 2. The number of ether oxygens (including phenoxy) is 1. The lowest BCUT2D eigenvalue weighted by molar-refractivity contribution is -0.122.